The molecule has 0 radical (unpaired) electrons. The van der Waals surface area contributed by atoms with Crippen molar-refractivity contribution in [2.24, 2.45) is 0 Å². The van der Waals surface area contributed by atoms with Gasteiger partial charge in [-0.25, -0.2) is 4.98 Å². The average Bonchev–Trinajstić information content (AvgIpc) is 2.91. The predicted octanol–water partition coefficient (Wildman–Crippen LogP) is 5.18. The second-order valence-corrected chi connectivity index (χ2v) is 7.53. The summed E-state index contributed by atoms with van der Waals surface area (Å²) in [6.45, 7) is 9.68. The molecule has 0 saturated heterocycles. The van der Waals surface area contributed by atoms with Crippen LogP contribution in [0.25, 0.3) is 0 Å². The lowest BCUT2D eigenvalue weighted by molar-refractivity contribution is 0.557. The van der Waals surface area contributed by atoms with Crippen LogP contribution in [-0.4, -0.2) is 11.5 Å². The van der Waals surface area contributed by atoms with Gasteiger partial charge in [0.05, 0.1) is 11.7 Å². The normalized spacial score (nSPS) is 13.4. The molecule has 0 fully saturated rings. The summed E-state index contributed by atoms with van der Waals surface area (Å²) in [4.78, 5) is 4.85. The van der Waals surface area contributed by atoms with Crippen LogP contribution in [0.5, 0.6) is 0 Å². The fourth-order valence-electron chi connectivity index (χ4n) is 2.09. The average molecular weight is 323 g/mol. The SMILES string of the molecule is CCCNC(c1nc(C(C)(C)C)cs1)c1ccccc1Cl. The van der Waals surface area contributed by atoms with E-state index >= 15 is 0 Å². The molecule has 1 aromatic carbocycles. The van der Waals surface area contributed by atoms with Gasteiger partial charge in [-0.2, -0.15) is 0 Å². The maximum atomic E-state index is 6.38. The number of nitrogens with zero attached hydrogens (tertiary/aromatic N) is 1. The highest BCUT2D eigenvalue weighted by Crippen LogP contribution is 2.32. The number of benzene rings is 1. The Labute approximate surface area is 136 Å². The Kier molecular flexibility index (Phi) is 5.42. The summed E-state index contributed by atoms with van der Waals surface area (Å²) in [6.07, 6.45) is 1.08. The zero-order valence-electron chi connectivity index (χ0n) is 13.1. The molecule has 1 N–H and O–H groups in total. The number of hydrogen-bond donors (Lipinski definition) is 1. The van der Waals surface area contributed by atoms with Gasteiger partial charge in [-0.3, -0.25) is 0 Å². The number of rotatable bonds is 5. The summed E-state index contributed by atoms with van der Waals surface area (Å²) in [5.41, 5.74) is 2.31. The molecular formula is C17H23ClN2S. The van der Waals surface area contributed by atoms with Gasteiger partial charge < -0.3 is 5.32 Å². The van der Waals surface area contributed by atoms with Crippen LogP contribution in [0.15, 0.2) is 29.6 Å². The molecule has 2 rings (SSSR count). The van der Waals surface area contributed by atoms with Crippen LogP contribution < -0.4 is 5.32 Å². The lowest BCUT2D eigenvalue weighted by Gasteiger charge is -2.19. The molecule has 1 atom stereocenters. The second-order valence-electron chi connectivity index (χ2n) is 6.23. The van der Waals surface area contributed by atoms with E-state index in [1.54, 1.807) is 11.3 Å². The molecule has 0 spiro atoms. The number of hydrogen-bond acceptors (Lipinski definition) is 3. The van der Waals surface area contributed by atoms with Gasteiger partial charge in [-0.15, -0.1) is 11.3 Å². The van der Waals surface area contributed by atoms with Gasteiger partial charge in [0.1, 0.15) is 5.01 Å². The molecular weight excluding hydrogens is 300 g/mol. The first-order valence-corrected chi connectivity index (χ1v) is 8.63. The van der Waals surface area contributed by atoms with E-state index in [1.165, 1.54) is 0 Å². The van der Waals surface area contributed by atoms with Crippen LogP contribution in [0.1, 0.15) is 56.4 Å². The van der Waals surface area contributed by atoms with Crippen LogP contribution in [0.4, 0.5) is 0 Å². The standard InChI is InChI=1S/C17H23ClN2S/c1-5-10-19-15(12-8-6-7-9-13(12)18)16-20-14(11-21-16)17(2,3)4/h6-9,11,15,19H,5,10H2,1-4H3. The van der Waals surface area contributed by atoms with E-state index in [1.807, 2.05) is 18.2 Å². The molecule has 0 aliphatic heterocycles. The summed E-state index contributed by atoms with van der Waals surface area (Å²) in [7, 11) is 0. The largest absolute Gasteiger partial charge is 0.304 e. The molecule has 1 heterocycles. The second kappa shape index (κ2) is 6.91. The van der Waals surface area contributed by atoms with Crippen LogP contribution in [-0.2, 0) is 5.41 Å². The third-order valence-electron chi connectivity index (χ3n) is 3.35. The van der Waals surface area contributed by atoms with Gasteiger partial charge in [0.25, 0.3) is 0 Å². The van der Waals surface area contributed by atoms with E-state index in [0.29, 0.717) is 0 Å². The highest BCUT2D eigenvalue weighted by atomic mass is 35.5. The third-order valence-corrected chi connectivity index (χ3v) is 4.61. The van der Waals surface area contributed by atoms with Crippen LogP contribution in [0.3, 0.4) is 0 Å². The van der Waals surface area contributed by atoms with Crippen molar-refractivity contribution in [2.45, 2.75) is 45.6 Å². The molecule has 21 heavy (non-hydrogen) atoms. The van der Waals surface area contributed by atoms with Crippen LogP contribution >= 0.6 is 22.9 Å². The van der Waals surface area contributed by atoms with Crippen molar-refractivity contribution in [3.05, 3.63) is 50.9 Å². The molecule has 0 bridgehead atoms. The molecule has 2 nitrogen and oxygen atoms in total. The number of aromatic nitrogens is 1. The van der Waals surface area contributed by atoms with Crippen LogP contribution in [0, 0.1) is 0 Å². The van der Waals surface area contributed by atoms with Gasteiger partial charge >= 0.3 is 0 Å². The molecule has 1 aromatic heterocycles. The Morgan fingerprint density at radius 1 is 1.29 bits per heavy atom. The van der Waals surface area contributed by atoms with Gasteiger partial charge in [-0.1, -0.05) is 57.5 Å². The maximum Gasteiger partial charge on any atom is 0.114 e. The molecule has 2 aromatic rings. The van der Waals surface area contributed by atoms with Crippen molar-refractivity contribution in [1.82, 2.24) is 10.3 Å². The predicted molar refractivity (Wildman–Crippen MR) is 92.4 cm³/mol. The van der Waals surface area contributed by atoms with Gasteiger partial charge in [0.15, 0.2) is 0 Å². The highest BCUT2D eigenvalue weighted by molar-refractivity contribution is 7.09. The van der Waals surface area contributed by atoms with E-state index in [0.717, 1.165) is 34.3 Å². The summed E-state index contributed by atoms with van der Waals surface area (Å²) >= 11 is 8.09. The van der Waals surface area contributed by atoms with Gasteiger partial charge in [-0.05, 0) is 24.6 Å². The quantitative estimate of drug-likeness (QED) is 0.820. The first-order chi connectivity index (χ1) is 9.93. The van der Waals surface area contributed by atoms with Gasteiger partial charge in [0, 0.05) is 15.8 Å². The molecule has 0 amide bonds. The molecule has 1 unspecified atom stereocenters. The first-order valence-electron chi connectivity index (χ1n) is 7.37. The van der Waals surface area contributed by atoms with E-state index < -0.39 is 0 Å². The topological polar surface area (TPSA) is 24.9 Å². The fraction of sp³-hybridized carbons (Fsp3) is 0.471. The van der Waals surface area contributed by atoms with E-state index in [-0.39, 0.29) is 11.5 Å². The minimum Gasteiger partial charge on any atom is -0.304 e. The Balaban J connectivity index is 2.37. The molecule has 0 aliphatic rings. The Morgan fingerprint density at radius 2 is 2.00 bits per heavy atom. The van der Waals surface area contributed by atoms with Gasteiger partial charge in [0.2, 0.25) is 0 Å². The molecule has 114 valence electrons. The van der Waals surface area contributed by atoms with Crippen molar-refractivity contribution in [3.63, 3.8) is 0 Å². The van der Waals surface area contributed by atoms with Crippen molar-refractivity contribution >= 4 is 22.9 Å². The lowest BCUT2D eigenvalue weighted by atomic mass is 9.93. The summed E-state index contributed by atoms with van der Waals surface area (Å²) in [6, 6.07) is 8.08. The molecule has 0 saturated carbocycles. The Morgan fingerprint density at radius 3 is 2.57 bits per heavy atom. The Hall–Kier alpha value is -0.900. The van der Waals surface area contributed by atoms with Crippen molar-refractivity contribution in [3.8, 4) is 0 Å². The van der Waals surface area contributed by atoms with E-state index in [9.17, 15) is 0 Å². The number of nitrogens with one attached hydrogen (secondary N) is 1. The minimum atomic E-state index is 0.0692. The zero-order chi connectivity index (χ0) is 15.5. The number of halogens is 1. The summed E-state index contributed by atoms with van der Waals surface area (Å²) in [5, 5.41) is 7.61. The van der Waals surface area contributed by atoms with E-state index in [4.69, 9.17) is 16.6 Å². The minimum absolute atomic E-state index is 0.0692. The van der Waals surface area contributed by atoms with E-state index in [2.05, 4.69) is 44.5 Å². The maximum absolute atomic E-state index is 6.38. The third kappa shape index (κ3) is 4.06. The van der Waals surface area contributed by atoms with Crippen molar-refractivity contribution in [2.75, 3.05) is 6.54 Å². The Bertz CT molecular complexity index is 586. The number of thiazole rings is 1. The fourth-order valence-corrected chi connectivity index (χ4v) is 3.47. The summed E-state index contributed by atoms with van der Waals surface area (Å²) in [5.74, 6) is 0. The summed E-state index contributed by atoms with van der Waals surface area (Å²) < 4.78 is 0. The molecule has 0 aliphatic carbocycles. The zero-order valence-corrected chi connectivity index (χ0v) is 14.7. The van der Waals surface area contributed by atoms with Crippen molar-refractivity contribution in [1.29, 1.82) is 0 Å². The smallest absolute Gasteiger partial charge is 0.114 e. The monoisotopic (exact) mass is 322 g/mol. The lowest BCUT2D eigenvalue weighted by Crippen LogP contribution is -2.24. The van der Waals surface area contributed by atoms with Crippen LogP contribution in [0.2, 0.25) is 5.02 Å². The highest BCUT2D eigenvalue weighted by Gasteiger charge is 2.23. The first kappa shape index (κ1) is 16.5. The molecule has 4 heteroatoms. The van der Waals surface area contributed by atoms with Crippen molar-refractivity contribution < 1.29 is 0 Å².